The van der Waals surface area contributed by atoms with E-state index >= 15 is 0 Å². The first-order valence-corrected chi connectivity index (χ1v) is 16.0. The highest BCUT2D eigenvalue weighted by Crippen LogP contribution is 2.42. The quantitative estimate of drug-likeness (QED) is 0.179. The Balaban J connectivity index is 1.49. The van der Waals surface area contributed by atoms with E-state index < -0.39 is 41.7 Å². The largest absolute Gasteiger partial charge is 0.469 e. The van der Waals surface area contributed by atoms with Gasteiger partial charge in [-0.1, -0.05) is 43.5 Å². The maximum atomic E-state index is 13.5. The van der Waals surface area contributed by atoms with E-state index in [2.05, 4.69) is 6.92 Å². The number of nitrogens with zero attached hydrogens (tertiary/aromatic N) is 1. The van der Waals surface area contributed by atoms with Gasteiger partial charge in [-0.05, 0) is 105 Å². The number of ether oxygens (including phenoxy) is 2. The minimum atomic E-state index is -5.00. The Morgan fingerprint density at radius 2 is 1.59 bits per heavy atom. The van der Waals surface area contributed by atoms with Gasteiger partial charge in [-0.15, -0.1) is 0 Å². The van der Waals surface area contributed by atoms with Crippen molar-refractivity contribution in [2.75, 3.05) is 7.11 Å². The molecule has 1 aliphatic carbocycles. The molecule has 2 aliphatic rings. The number of aryl methyl sites for hydroxylation is 2. The van der Waals surface area contributed by atoms with Gasteiger partial charge in [0, 0.05) is 13.0 Å². The third-order valence-electron chi connectivity index (χ3n) is 9.72. The molecule has 1 saturated carbocycles. The van der Waals surface area contributed by atoms with Gasteiger partial charge in [0.05, 0.1) is 24.3 Å². The summed E-state index contributed by atoms with van der Waals surface area (Å²) in [6, 6.07) is 6.53. The lowest BCUT2D eigenvalue weighted by Crippen LogP contribution is -2.32. The summed E-state index contributed by atoms with van der Waals surface area (Å²) in [5, 5.41) is 0. The van der Waals surface area contributed by atoms with Crippen molar-refractivity contribution in [2.45, 2.75) is 110 Å². The number of hydrogen-bond donors (Lipinski definition) is 0. The molecule has 1 heterocycles. The van der Waals surface area contributed by atoms with Gasteiger partial charge in [-0.2, -0.15) is 26.3 Å². The molecule has 3 unspecified atom stereocenters. The highest BCUT2D eigenvalue weighted by atomic mass is 19.4. The summed E-state index contributed by atoms with van der Waals surface area (Å²) >= 11 is 0. The molecule has 2 fully saturated rings. The molecule has 11 heteroatoms. The van der Waals surface area contributed by atoms with Gasteiger partial charge in [0.2, 0.25) is 0 Å². The molecule has 0 N–H and O–H groups in total. The molecule has 0 aromatic heterocycles. The molecule has 4 rings (SSSR count). The van der Waals surface area contributed by atoms with E-state index in [1.54, 1.807) is 6.92 Å². The number of halogens is 6. The smallest absolute Gasteiger partial charge is 0.416 e. The molecule has 46 heavy (non-hydrogen) atoms. The normalized spacial score (nSPS) is 22.9. The van der Waals surface area contributed by atoms with Crippen LogP contribution in [0.1, 0.15) is 105 Å². The van der Waals surface area contributed by atoms with Crippen LogP contribution in [0.3, 0.4) is 0 Å². The first-order chi connectivity index (χ1) is 21.6. The van der Waals surface area contributed by atoms with Gasteiger partial charge in [0.25, 0.3) is 0 Å². The maximum absolute atomic E-state index is 13.5. The van der Waals surface area contributed by atoms with E-state index in [9.17, 15) is 35.9 Å². The van der Waals surface area contributed by atoms with E-state index in [4.69, 9.17) is 9.47 Å². The number of cyclic esters (lactones) is 1. The summed E-state index contributed by atoms with van der Waals surface area (Å²) in [6.45, 7) is 5.80. The fourth-order valence-corrected chi connectivity index (χ4v) is 7.14. The van der Waals surface area contributed by atoms with Crippen LogP contribution >= 0.6 is 0 Å². The Bertz CT molecular complexity index is 1330. The molecule has 1 saturated heterocycles. The van der Waals surface area contributed by atoms with Gasteiger partial charge in [-0.25, -0.2) is 4.79 Å². The second-order valence-electron chi connectivity index (χ2n) is 12.9. The number of rotatable bonds is 11. The van der Waals surface area contributed by atoms with Crippen molar-refractivity contribution in [2.24, 2.45) is 17.8 Å². The van der Waals surface area contributed by atoms with Crippen molar-refractivity contribution in [1.29, 1.82) is 0 Å². The third-order valence-corrected chi connectivity index (χ3v) is 9.72. The summed E-state index contributed by atoms with van der Waals surface area (Å²) in [5.74, 6) is 1.26. The van der Waals surface area contributed by atoms with Crippen molar-refractivity contribution in [1.82, 2.24) is 4.90 Å². The van der Waals surface area contributed by atoms with Crippen molar-refractivity contribution in [3.63, 3.8) is 0 Å². The SMILES string of the molecule is CCCC(CCc1ccc(C)cc1CN1C(=O)OC(c2cc(C(F)(F)F)cc(C(F)(F)F)c2)C1C)C1CCC(CC(=O)OC)CC1. The summed E-state index contributed by atoms with van der Waals surface area (Å²) in [5.41, 5.74) is -0.345. The van der Waals surface area contributed by atoms with E-state index in [1.165, 1.54) is 12.0 Å². The Kier molecular flexibility index (Phi) is 11.4. The monoisotopic (exact) mass is 655 g/mol. The van der Waals surface area contributed by atoms with Crippen LogP contribution in [0.25, 0.3) is 0 Å². The Morgan fingerprint density at radius 3 is 2.15 bits per heavy atom. The number of methoxy groups -OCH3 is 1. The average Bonchev–Trinajstić information content (AvgIpc) is 3.27. The third kappa shape index (κ3) is 8.76. The first-order valence-electron chi connectivity index (χ1n) is 16.0. The lowest BCUT2D eigenvalue weighted by Gasteiger charge is -2.34. The van der Waals surface area contributed by atoms with Gasteiger partial charge in [0.1, 0.15) is 6.10 Å². The molecule has 0 spiro atoms. The highest BCUT2D eigenvalue weighted by Gasteiger charge is 2.43. The van der Waals surface area contributed by atoms with Crippen LogP contribution in [-0.2, 0) is 39.6 Å². The summed E-state index contributed by atoms with van der Waals surface area (Å²) in [4.78, 5) is 26.1. The molecule has 0 radical (unpaired) electrons. The van der Waals surface area contributed by atoms with Crippen LogP contribution in [0.4, 0.5) is 31.1 Å². The van der Waals surface area contributed by atoms with Gasteiger partial charge < -0.3 is 9.47 Å². The predicted molar refractivity (Wildman–Crippen MR) is 161 cm³/mol. The summed E-state index contributed by atoms with van der Waals surface area (Å²) in [6.07, 6.45) is -3.64. The van der Waals surface area contributed by atoms with Crippen molar-refractivity contribution < 1.29 is 45.4 Å². The molecule has 2 aromatic rings. The molecular formula is C35H43F6NO4. The highest BCUT2D eigenvalue weighted by molar-refractivity contribution is 5.71. The second-order valence-corrected chi connectivity index (χ2v) is 12.9. The second kappa shape index (κ2) is 14.7. The fourth-order valence-electron chi connectivity index (χ4n) is 7.14. The number of amides is 1. The lowest BCUT2D eigenvalue weighted by atomic mass is 9.72. The van der Waals surface area contributed by atoms with E-state index in [-0.39, 0.29) is 24.1 Å². The van der Waals surface area contributed by atoms with Crippen molar-refractivity contribution in [3.8, 4) is 0 Å². The maximum Gasteiger partial charge on any atom is 0.416 e. The molecular weight excluding hydrogens is 612 g/mol. The molecule has 5 nitrogen and oxygen atoms in total. The lowest BCUT2D eigenvalue weighted by molar-refractivity contribution is -0.144. The zero-order valence-electron chi connectivity index (χ0n) is 26.8. The van der Waals surface area contributed by atoms with Gasteiger partial charge in [0.15, 0.2) is 0 Å². The number of benzene rings is 2. The number of alkyl halides is 6. The molecule has 2 aromatic carbocycles. The molecule has 0 bridgehead atoms. The predicted octanol–water partition coefficient (Wildman–Crippen LogP) is 9.83. The van der Waals surface area contributed by atoms with Crippen LogP contribution in [-0.4, -0.2) is 30.1 Å². The summed E-state index contributed by atoms with van der Waals surface area (Å²) < 4.78 is 91.3. The topological polar surface area (TPSA) is 55.8 Å². The fraction of sp³-hybridized carbons (Fsp3) is 0.600. The van der Waals surface area contributed by atoms with E-state index in [0.29, 0.717) is 36.3 Å². The van der Waals surface area contributed by atoms with Crippen molar-refractivity contribution in [3.05, 3.63) is 69.8 Å². The number of esters is 1. The molecule has 254 valence electrons. The minimum absolute atomic E-state index is 0.0710. The Morgan fingerprint density at radius 1 is 0.957 bits per heavy atom. The van der Waals surface area contributed by atoms with Crippen LogP contribution in [0.15, 0.2) is 36.4 Å². The zero-order chi connectivity index (χ0) is 33.8. The van der Waals surface area contributed by atoms with Gasteiger partial charge in [-0.3, -0.25) is 9.69 Å². The van der Waals surface area contributed by atoms with E-state index in [1.807, 2.05) is 25.1 Å². The van der Waals surface area contributed by atoms with Crippen LogP contribution < -0.4 is 0 Å². The first kappa shape index (κ1) is 35.6. The summed E-state index contributed by atoms with van der Waals surface area (Å²) in [7, 11) is 1.42. The molecule has 3 atom stereocenters. The number of hydrogen-bond acceptors (Lipinski definition) is 4. The van der Waals surface area contributed by atoms with Gasteiger partial charge >= 0.3 is 24.4 Å². The zero-order valence-corrected chi connectivity index (χ0v) is 26.8. The average molecular weight is 656 g/mol. The van der Waals surface area contributed by atoms with Crippen LogP contribution in [0.2, 0.25) is 0 Å². The van der Waals surface area contributed by atoms with Crippen LogP contribution in [0.5, 0.6) is 0 Å². The van der Waals surface area contributed by atoms with Crippen LogP contribution in [0, 0.1) is 24.7 Å². The van der Waals surface area contributed by atoms with Crippen molar-refractivity contribution >= 4 is 12.1 Å². The number of carbonyl (C=O) groups is 2. The molecule has 1 amide bonds. The Hall–Kier alpha value is -3.24. The minimum Gasteiger partial charge on any atom is -0.469 e. The van der Waals surface area contributed by atoms with E-state index in [0.717, 1.165) is 68.1 Å². The molecule has 1 aliphatic heterocycles. The number of carbonyl (C=O) groups excluding carboxylic acids is 2. The standard InChI is InChI=1S/C35H43F6NO4/c1-5-6-24(25-11-8-23(9-12-25)16-31(43)45-4)13-14-26-10-7-21(2)15-28(26)20-42-22(3)32(46-33(42)44)27-17-29(34(36,37)38)19-30(18-27)35(39,40)41/h7,10,15,17-19,22-25,32H,5-6,8-9,11-14,16,20H2,1-4H3. The Labute approximate surface area is 266 Å².